The fourth-order valence-corrected chi connectivity index (χ4v) is 2.81. The maximum Gasteiger partial charge on any atom is 0.329 e. The molecule has 1 atom stereocenters. The summed E-state index contributed by atoms with van der Waals surface area (Å²) in [7, 11) is 3.10. The number of methoxy groups -OCH3 is 2. The number of ketones is 1. The van der Waals surface area contributed by atoms with Crippen LogP contribution in [-0.4, -0.2) is 31.3 Å². The molecule has 0 saturated carbocycles. The predicted octanol–water partition coefficient (Wildman–Crippen LogP) is 4.16. The molecule has 0 bridgehead atoms. The van der Waals surface area contributed by atoms with Crippen molar-refractivity contribution in [3.63, 3.8) is 0 Å². The van der Waals surface area contributed by atoms with Crippen LogP contribution in [0.4, 0.5) is 0 Å². The first-order valence-electron chi connectivity index (χ1n) is 8.51. The number of carbonyl (C=O) groups is 2. The van der Waals surface area contributed by atoms with Gasteiger partial charge in [-0.3, -0.25) is 9.59 Å². The van der Waals surface area contributed by atoms with E-state index in [2.05, 4.69) is 0 Å². The van der Waals surface area contributed by atoms with Gasteiger partial charge < -0.3 is 18.9 Å². The van der Waals surface area contributed by atoms with E-state index in [1.807, 2.05) is 0 Å². The van der Waals surface area contributed by atoms with E-state index >= 15 is 0 Å². The highest BCUT2D eigenvalue weighted by molar-refractivity contribution is 6.29. The van der Waals surface area contributed by atoms with Crippen LogP contribution < -0.4 is 18.9 Å². The first-order valence-corrected chi connectivity index (χ1v) is 8.95. The normalized spacial score (nSPS) is 15.0. The van der Waals surface area contributed by atoms with Crippen LogP contribution in [-0.2, 0) is 4.79 Å². The molecule has 1 aliphatic heterocycles. The summed E-state index contributed by atoms with van der Waals surface area (Å²) < 4.78 is 21.6. The van der Waals surface area contributed by atoms with Gasteiger partial charge in [-0.2, -0.15) is 0 Å². The maximum absolute atomic E-state index is 12.8. The van der Waals surface area contributed by atoms with Crippen LogP contribution >= 0.6 is 11.6 Å². The summed E-state index contributed by atoms with van der Waals surface area (Å²) in [6, 6.07) is 8.37. The number of allylic oxidation sites excluding steroid dienone is 1. The lowest BCUT2D eigenvalue weighted by molar-refractivity contribution is -0.133. The van der Waals surface area contributed by atoms with Gasteiger partial charge in [-0.15, -0.1) is 11.6 Å². The van der Waals surface area contributed by atoms with Crippen molar-refractivity contribution in [1.82, 2.24) is 0 Å². The van der Waals surface area contributed by atoms with Crippen LogP contribution in [0.15, 0.2) is 36.1 Å². The number of carbonyl (C=O) groups excluding carboxylic acids is 2. The van der Waals surface area contributed by atoms with Crippen molar-refractivity contribution >= 4 is 29.4 Å². The van der Waals surface area contributed by atoms with Crippen LogP contribution in [0.25, 0.3) is 6.08 Å². The summed E-state index contributed by atoms with van der Waals surface area (Å²) in [6.07, 6.45) is 1.59. The molecule has 28 heavy (non-hydrogen) atoms. The lowest BCUT2D eigenvalue weighted by Gasteiger charge is -2.11. The maximum atomic E-state index is 12.8. The minimum atomic E-state index is -0.786. The molecule has 0 spiro atoms. The third-order valence-corrected chi connectivity index (χ3v) is 4.47. The van der Waals surface area contributed by atoms with Crippen molar-refractivity contribution in [3.8, 4) is 23.0 Å². The second-order valence-corrected chi connectivity index (χ2v) is 6.80. The Morgan fingerprint density at radius 2 is 1.86 bits per heavy atom. The molecule has 6 nitrogen and oxygen atoms in total. The van der Waals surface area contributed by atoms with Gasteiger partial charge in [-0.05, 0) is 50.3 Å². The predicted molar refractivity (Wildman–Crippen MR) is 105 cm³/mol. The van der Waals surface area contributed by atoms with Gasteiger partial charge in [0.15, 0.2) is 5.76 Å². The minimum Gasteiger partial charge on any atom is -0.497 e. The van der Waals surface area contributed by atoms with Gasteiger partial charge in [0.2, 0.25) is 5.78 Å². The lowest BCUT2D eigenvalue weighted by Crippen LogP contribution is -2.18. The summed E-state index contributed by atoms with van der Waals surface area (Å²) in [5.41, 5.74) is 1.57. The molecule has 1 aliphatic rings. The topological polar surface area (TPSA) is 71.1 Å². The molecule has 2 aromatic rings. The Balaban J connectivity index is 1.97. The third kappa shape index (κ3) is 3.68. The molecule has 0 aromatic heterocycles. The number of rotatable bonds is 5. The monoisotopic (exact) mass is 402 g/mol. The Kier molecular flexibility index (Phi) is 5.61. The number of fused-ring (bicyclic) bond motifs is 1. The molecular formula is C21H19ClO6. The zero-order valence-electron chi connectivity index (χ0n) is 15.9. The summed E-state index contributed by atoms with van der Waals surface area (Å²) in [4.78, 5) is 24.5. The quantitative estimate of drug-likeness (QED) is 0.323. The SMILES string of the molecule is COc1ccc(OC)c(/C=C2\Oc3c(ccc(OC(=O)C(C)Cl)c3C)C2=O)c1. The van der Waals surface area contributed by atoms with Crippen molar-refractivity contribution < 1.29 is 28.5 Å². The Morgan fingerprint density at radius 1 is 1.14 bits per heavy atom. The fraction of sp³-hybridized carbons (Fsp3) is 0.238. The van der Waals surface area contributed by atoms with Gasteiger partial charge in [-0.1, -0.05) is 0 Å². The Bertz CT molecular complexity index is 977. The van der Waals surface area contributed by atoms with Gasteiger partial charge in [-0.25, -0.2) is 0 Å². The van der Waals surface area contributed by atoms with Crippen molar-refractivity contribution in [1.29, 1.82) is 0 Å². The number of halogens is 1. The van der Waals surface area contributed by atoms with Crippen LogP contribution in [0, 0.1) is 6.92 Å². The van der Waals surface area contributed by atoms with Crippen LogP contribution in [0.5, 0.6) is 23.0 Å². The largest absolute Gasteiger partial charge is 0.497 e. The number of ether oxygens (including phenoxy) is 4. The Hall–Kier alpha value is -2.99. The van der Waals surface area contributed by atoms with E-state index in [4.69, 9.17) is 30.5 Å². The highest BCUT2D eigenvalue weighted by Crippen LogP contribution is 2.40. The smallest absolute Gasteiger partial charge is 0.329 e. The van der Waals surface area contributed by atoms with Crippen molar-refractivity contribution in [2.75, 3.05) is 14.2 Å². The van der Waals surface area contributed by atoms with Gasteiger partial charge in [0.25, 0.3) is 0 Å². The second-order valence-electron chi connectivity index (χ2n) is 6.15. The highest BCUT2D eigenvalue weighted by atomic mass is 35.5. The average molecular weight is 403 g/mol. The number of alkyl halides is 1. The van der Waals surface area contributed by atoms with E-state index in [0.717, 1.165) is 0 Å². The number of esters is 1. The van der Waals surface area contributed by atoms with Gasteiger partial charge >= 0.3 is 5.97 Å². The molecule has 0 N–H and O–H groups in total. The fourth-order valence-electron chi connectivity index (χ4n) is 2.76. The second kappa shape index (κ2) is 7.94. The molecule has 0 fully saturated rings. The Morgan fingerprint density at radius 3 is 2.50 bits per heavy atom. The molecule has 0 saturated heterocycles. The molecule has 3 rings (SSSR count). The van der Waals surface area contributed by atoms with E-state index in [1.165, 1.54) is 6.92 Å². The number of benzene rings is 2. The summed E-state index contributed by atoms with van der Waals surface area (Å²) >= 11 is 5.75. The van der Waals surface area contributed by atoms with Gasteiger partial charge in [0, 0.05) is 11.1 Å². The van der Waals surface area contributed by atoms with Crippen LogP contribution in [0.1, 0.15) is 28.4 Å². The summed E-state index contributed by atoms with van der Waals surface area (Å²) in [5.74, 6) is 1.13. The molecule has 2 aromatic carbocycles. The van der Waals surface area contributed by atoms with Crippen molar-refractivity contribution in [2.24, 2.45) is 0 Å². The molecule has 1 unspecified atom stereocenters. The molecule has 146 valence electrons. The number of hydrogen-bond acceptors (Lipinski definition) is 6. The van der Waals surface area contributed by atoms with Crippen molar-refractivity contribution in [3.05, 3.63) is 52.8 Å². The summed E-state index contributed by atoms with van der Waals surface area (Å²) in [5, 5.41) is -0.786. The standard InChI is InChI=1S/C21H19ClO6/c1-11-16(28-21(24)12(2)22)8-6-15-19(23)18(27-20(11)15)10-13-9-14(25-3)5-7-17(13)26-4/h5-10,12H,1-4H3/b18-10-. The Labute approximate surface area is 167 Å². The van der Waals surface area contributed by atoms with E-state index in [-0.39, 0.29) is 11.5 Å². The molecule has 7 heteroatoms. The van der Waals surface area contributed by atoms with Gasteiger partial charge in [0.05, 0.1) is 19.8 Å². The zero-order valence-corrected chi connectivity index (χ0v) is 16.6. The van der Waals surface area contributed by atoms with E-state index in [1.54, 1.807) is 57.6 Å². The number of Topliss-reactive ketones (excluding diaryl/α,β-unsaturated/α-hetero) is 1. The first kappa shape index (κ1) is 19.8. The van der Waals surface area contributed by atoms with E-state index in [9.17, 15) is 9.59 Å². The molecular weight excluding hydrogens is 384 g/mol. The lowest BCUT2D eigenvalue weighted by atomic mass is 10.1. The highest BCUT2D eigenvalue weighted by Gasteiger charge is 2.31. The molecule has 0 aliphatic carbocycles. The van der Waals surface area contributed by atoms with E-state index in [0.29, 0.717) is 39.7 Å². The molecule has 0 radical (unpaired) electrons. The molecule has 0 amide bonds. The zero-order chi connectivity index (χ0) is 20.4. The number of hydrogen-bond donors (Lipinski definition) is 0. The van der Waals surface area contributed by atoms with E-state index < -0.39 is 11.3 Å². The van der Waals surface area contributed by atoms with Crippen molar-refractivity contribution in [2.45, 2.75) is 19.2 Å². The average Bonchev–Trinajstić information content (AvgIpc) is 3.00. The van der Waals surface area contributed by atoms with Crippen LogP contribution in [0.2, 0.25) is 0 Å². The first-order chi connectivity index (χ1) is 13.3. The summed E-state index contributed by atoms with van der Waals surface area (Å²) in [6.45, 7) is 3.23. The molecule has 1 heterocycles. The van der Waals surface area contributed by atoms with Gasteiger partial charge in [0.1, 0.15) is 28.4 Å². The third-order valence-electron chi connectivity index (χ3n) is 4.30. The van der Waals surface area contributed by atoms with Crippen LogP contribution in [0.3, 0.4) is 0 Å². The minimum absolute atomic E-state index is 0.138.